The highest BCUT2D eigenvalue weighted by Gasteiger charge is 2.21. The summed E-state index contributed by atoms with van der Waals surface area (Å²) >= 11 is 12.2. The summed E-state index contributed by atoms with van der Waals surface area (Å²) in [6.07, 6.45) is 2.34. The minimum absolute atomic E-state index is 0.116. The average molecular weight is 487 g/mol. The van der Waals surface area contributed by atoms with E-state index >= 15 is 0 Å². The van der Waals surface area contributed by atoms with Crippen molar-refractivity contribution in [1.29, 1.82) is 0 Å². The number of amides is 1. The van der Waals surface area contributed by atoms with E-state index in [1.807, 2.05) is 32.0 Å². The molecular formula is C22H28Cl2N2O4S. The van der Waals surface area contributed by atoms with Crippen LogP contribution in [0.1, 0.15) is 43.4 Å². The van der Waals surface area contributed by atoms with Gasteiger partial charge in [-0.25, -0.2) is 8.42 Å². The predicted molar refractivity (Wildman–Crippen MR) is 127 cm³/mol. The highest BCUT2D eigenvalue weighted by Crippen LogP contribution is 2.31. The van der Waals surface area contributed by atoms with Crippen LogP contribution < -0.4 is 14.4 Å². The number of rotatable bonds is 10. The van der Waals surface area contributed by atoms with E-state index in [1.54, 1.807) is 19.2 Å². The predicted octanol–water partition coefficient (Wildman–Crippen LogP) is 5.12. The van der Waals surface area contributed by atoms with Crippen LogP contribution in [0.4, 0.5) is 5.69 Å². The summed E-state index contributed by atoms with van der Waals surface area (Å²) in [5, 5.41) is 3.68. The molecule has 31 heavy (non-hydrogen) atoms. The van der Waals surface area contributed by atoms with Crippen LogP contribution in [0.25, 0.3) is 0 Å². The topological polar surface area (TPSA) is 75.7 Å². The summed E-state index contributed by atoms with van der Waals surface area (Å²) < 4.78 is 31.0. The van der Waals surface area contributed by atoms with Crippen molar-refractivity contribution in [1.82, 2.24) is 5.32 Å². The lowest BCUT2D eigenvalue weighted by Gasteiger charge is -2.24. The Hall–Kier alpha value is -1.96. The Morgan fingerprint density at radius 1 is 1.19 bits per heavy atom. The molecule has 2 rings (SSSR count). The molecule has 170 valence electrons. The summed E-state index contributed by atoms with van der Waals surface area (Å²) in [6.45, 7) is 4.07. The number of aryl methyl sites for hydroxylation is 1. The first-order valence-electron chi connectivity index (χ1n) is 9.93. The molecule has 2 aromatic rings. The minimum Gasteiger partial charge on any atom is -0.496 e. The van der Waals surface area contributed by atoms with E-state index in [-0.39, 0.29) is 29.9 Å². The molecule has 0 spiro atoms. The van der Waals surface area contributed by atoms with Crippen LogP contribution in [0.2, 0.25) is 10.0 Å². The first kappa shape index (κ1) is 25.3. The van der Waals surface area contributed by atoms with Crippen molar-refractivity contribution in [3.05, 3.63) is 57.6 Å². The zero-order chi connectivity index (χ0) is 23.2. The second-order valence-corrected chi connectivity index (χ2v) is 10.0. The maximum atomic E-state index is 12.5. The highest BCUT2D eigenvalue weighted by atomic mass is 35.5. The summed E-state index contributed by atoms with van der Waals surface area (Å²) in [4.78, 5) is 12.5. The largest absolute Gasteiger partial charge is 0.496 e. The van der Waals surface area contributed by atoms with E-state index in [1.165, 1.54) is 10.4 Å². The molecule has 0 bridgehead atoms. The summed E-state index contributed by atoms with van der Waals surface area (Å²) in [5.41, 5.74) is 2.30. The zero-order valence-electron chi connectivity index (χ0n) is 18.1. The number of carbonyl (C=O) groups excluding carboxylic acids is 1. The van der Waals surface area contributed by atoms with Gasteiger partial charge in [-0.15, -0.1) is 0 Å². The van der Waals surface area contributed by atoms with Gasteiger partial charge < -0.3 is 10.1 Å². The molecule has 0 heterocycles. The number of halogens is 2. The van der Waals surface area contributed by atoms with Gasteiger partial charge in [0.05, 0.1) is 30.1 Å². The molecular weight excluding hydrogens is 459 g/mol. The van der Waals surface area contributed by atoms with Gasteiger partial charge in [-0.3, -0.25) is 9.10 Å². The molecule has 1 N–H and O–H groups in total. The Morgan fingerprint density at radius 3 is 2.48 bits per heavy atom. The number of nitrogens with one attached hydrogen (secondary N) is 1. The highest BCUT2D eigenvalue weighted by molar-refractivity contribution is 7.92. The van der Waals surface area contributed by atoms with Crippen LogP contribution in [-0.4, -0.2) is 34.2 Å². The Bertz CT molecular complexity index is 1030. The lowest BCUT2D eigenvalue weighted by atomic mass is 10.0. The Labute approximate surface area is 194 Å². The number of ether oxygens (including phenoxy) is 1. The van der Waals surface area contributed by atoms with E-state index in [9.17, 15) is 13.2 Å². The molecule has 1 amide bonds. The number of carbonyl (C=O) groups is 1. The van der Waals surface area contributed by atoms with Gasteiger partial charge in [0.1, 0.15) is 5.75 Å². The van der Waals surface area contributed by atoms with Crippen LogP contribution in [0.5, 0.6) is 5.75 Å². The molecule has 0 unspecified atom stereocenters. The monoisotopic (exact) mass is 486 g/mol. The molecule has 0 aliphatic heterocycles. The standard InChI is InChI=1S/C22H28Cl2N2O4S/c1-5-19(16-8-11-21(30-3)15(2)13-16)25-22(27)7-6-12-26(31(4,28)29)20-14-17(23)9-10-18(20)24/h8-11,13-14,19H,5-7,12H2,1-4H3,(H,25,27)/t19-/m1/s1. The second kappa shape index (κ2) is 11.1. The number of nitrogens with zero attached hydrogens (tertiary/aromatic N) is 1. The number of sulfonamides is 1. The lowest BCUT2D eigenvalue weighted by Crippen LogP contribution is -2.33. The van der Waals surface area contributed by atoms with E-state index in [0.717, 1.165) is 29.6 Å². The molecule has 1 atom stereocenters. The van der Waals surface area contributed by atoms with E-state index in [0.29, 0.717) is 17.1 Å². The Balaban J connectivity index is 2.03. The summed E-state index contributed by atoms with van der Waals surface area (Å²) in [6, 6.07) is 10.3. The van der Waals surface area contributed by atoms with Crippen LogP contribution >= 0.6 is 23.2 Å². The fraction of sp³-hybridized carbons (Fsp3) is 0.409. The van der Waals surface area contributed by atoms with Crippen LogP contribution in [0.3, 0.4) is 0 Å². The van der Waals surface area contributed by atoms with Crippen molar-refractivity contribution in [2.45, 2.75) is 39.2 Å². The quantitative estimate of drug-likeness (QED) is 0.505. The van der Waals surface area contributed by atoms with Crippen molar-refractivity contribution >= 4 is 44.8 Å². The second-order valence-electron chi connectivity index (χ2n) is 7.29. The molecule has 0 aliphatic carbocycles. The summed E-state index contributed by atoms with van der Waals surface area (Å²) in [7, 11) is -1.97. The molecule has 6 nitrogen and oxygen atoms in total. The zero-order valence-corrected chi connectivity index (χ0v) is 20.4. The lowest BCUT2D eigenvalue weighted by molar-refractivity contribution is -0.121. The number of hydrogen-bond acceptors (Lipinski definition) is 4. The SMILES string of the molecule is CC[C@@H](NC(=O)CCCN(c1cc(Cl)ccc1Cl)S(C)(=O)=O)c1ccc(OC)c(C)c1. The maximum absolute atomic E-state index is 12.5. The Kier molecular flexibility index (Phi) is 9.03. The molecule has 0 saturated carbocycles. The molecule has 2 aromatic carbocycles. The van der Waals surface area contributed by atoms with Gasteiger partial charge in [0.15, 0.2) is 0 Å². The molecule has 0 fully saturated rings. The van der Waals surface area contributed by atoms with Gasteiger partial charge >= 0.3 is 0 Å². The molecule has 0 aliphatic rings. The number of benzene rings is 2. The van der Waals surface area contributed by atoms with Crippen LogP contribution in [0, 0.1) is 6.92 Å². The van der Waals surface area contributed by atoms with Gasteiger partial charge in [-0.1, -0.05) is 42.3 Å². The fourth-order valence-electron chi connectivity index (χ4n) is 3.33. The van der Waals surface area contributed by atoms with Crippen molar-refractivity contribution in [3.63, 3.8) is 0 Å². The third kappa shape index (κ3) is 7.02. The van der Waals surface area contributed by atoms with Gasteiger partial charge in [0.2, 0.25) is 15.9 Å². The van der Waals surface area contributed by atoms with Gasteiger partial charge in [0.25, 0.3) is 0 Å². The smallest absolute Gasteiger partial charge is 0.232 e. The normalized spacial score (nSPS) is 12.3. The van der Waals surface area contributed by atoms with E-state index in [4.69, 9.17) is 27.9 Å². The Morgan fingerprint density at radius 2 is 1.90 bits per heavy atom. The van der Waals surface area contributed by atoms with Crippen molar-refractivity contribution in [3.8, 4) is 5.75 Å². The molecule has 0 radical (unpaired) electrons. The fourth-order valence-corrected chi connectivity index (χ4v) is 4.74. The van der Waals surface area contributed by atoms with Crippen molar-refractivity contribution in [2.75, 3.05) is 24.2 Å². The van der Waals surface area contributed by atoms with Crippen LogP contribution in [-0.2, 0) is 14.8 Å². The third-order valence-electron chi connectivity index (χ3n) is 4.91. The molecule has 9 heteroatoms. The summed E-state index contributed by atoms with van der Waals surface area (Å²) in [5.74, 6) is 0.649. The molecule has 0 aromatic heterocycles. The average Bonchev–Trinajstić information content (AvgIpc) is 2.70. The van der Waals surface area contributed by atoms with E-state index < -0.39 is 10.0 Å². The van der Waals surface area contributed by atoms with Crippen molar-refractivity contribution in [2.24, 2.45) is 0 Å². The van der Waals surface area contributed by atoms with Gasteiger partial charge in [-0.05, 0) is 55.2 Å². The van der Waals surface area contributed by atoms with Gasteiger partial charge in [0, 0.05) is 18.0 Å². The van der Waals surface area contributed by atoms with Crippen LogP contribution in [0.15, 0.2) is 36.4 Å². The number of anilines is 1. The third-order valence-corrected chi connectivity index (χ3v) is 6.64. The van der Waals surface area contributed by atoms with Gasteiger partial charge in [-0.2, -0.15) is 0 Å². The first-order valence-corrected chi connectivity index (χ1v) is 12.5. The minimum atomic E-state index is -3.59. The molecule has 0 saturated heterocycles. The maximum Gasteiger partial charge on any atom is 0.232 e. The number of hydrogen-bond donors (Lipinski definition) is 1. The van der Waals surface area contributed by atoms with Crippen molar-refractivity contribution < 1.29 is 17.9 Å². The number of methoxy groups -OCH3 is 1. The first-order chi connectivity index (χ1) is 14.6. The van der Waals surface area contributed by atoms with E-state index in [2.05, 4.69) is 5.32 Å².